The number of aromatic amines is 1. The van der Waals surface area contributed by atoms with Gasteiger partial charge in [0.05, 0.1) is 7.11 Å². The maximum atomic E-state index is 11.5. The second-order valence-electron chi connectivity index (χ2n) is 4.17. The summed E-state index contributed by atoms with van der Waals surface area (Å²) in [6.07, 6.45) is 1.50. The fourth-order valence-corrected chi connectivity index (χ4v) is 1.42. The summed E-state index contributed by atoms with van der Waals surface area (Å²) in [5.74, 6) is 0.263. The van der Waals surface area contributed by atoms with Crippen LogP contribution in [0.5, 0.6) is 5.75 Å². The van der Waals surface area contributed by atoms with E-state index in [9.17, 15) is 4.79 Å². The number of methoxy groups -OCH3 is 1. The summed E-state index contributed by atoms with van der Waals surface area (Å²) in [6, 6.07) is 1.44. The molecular formula is C11H18N5O2+. The van der Waals surface area contributed by atoms with Crippen LogP contribution < -0.4 is 10.2 Å². The van der Waals surface area contributed by atoms with Gasteiger partial charge in [0, 0.05) is 24.5 Å². The Kier molecular flexibility index (Phi) is 5.14. The monoisotopic (exact) mass is 252 g/mol. The molecule has 1 N–H and O–H groups in total. The third-order valence-electron chi connectivity index (χ3n) is 2.44. The Hall–Kier alpha value is -2.07. The molecule has 7 nitrogen and oxygen atoms in total. The topological polar surface area (TPSA) is 76.7 Å². The van der Waals surface area contributed by atoms with Crippen LogP contribution in [0, 0.1) is 5.39 Å². The van der Waals surface area contributed by atoms with Gasteiger partial charge in [0.15, 0.2) is 5.75 Å². The highest BCUT2D eigenvalue weighted by atomic mass is 16.5. The Morgan fingerprint density at radius 2 is 2.17 bits per heavy atom. The molecule has 0 amide bonds. The molecule has 0 saturated heterocycles. The van der Waals surface area contributed by atoms with Crippen LogP contribution in [0.15, 0.2) is 17.1 Å². The molecule has 0 atom stereocenters. The number of nitrogens with one attached hydrogen (secondary N) is 1. The molecule has 0 bridgehead atoms. The third-order valence-corrected chi connectivity index (χ3v) is 2.44. The van der Waals surface area contributed by atoms with Crippen LogP contribution in [0.2, 0.25) is 0 Å². The number of aromatic nitrogens is 1. The number of nitrogens with zero attached hydrogens (tertiary/aromatic N) is 4. The van der Waals surface area contributed by atoms with E-state index in [1.165, 1.54) is 24.4 Å². The van der Waals surface area contributed by atoms with Crippen LogP contribution >= 0.6 is 0 Å². The molecule has 1 aromatic heterocycles. The average Bonchev–Trinajstić information content (AvgIpc) is 2.34. The van der Waals surface area contributed by atoms with Crippen LogP contribution in [-0.2, 0) is 6.54 Å². The van der Waals surface area contributed by atoms with E-state index < -0.39 is 0 Å². The van der Waals surface area contributed by atoms with Gasteiger partial charge in [-0.15, -0.1) is 0 Å². The van der Waals surface area contributed by atoms with E-state index in [0.717, 1.165) is 6.54 Å². The van der Waals surface area contributed by atoms with Crippen LogP contribution in [0.1, 0.15) is 5.69 Å². The number of likely N-dealkylation sites (N-methyl/N-ethyl adjacent to an activating group) is 1. The third kappa shape index (κ3) is 4.07. The van der Waals surface area contributed by atoms with Gasteiger partial charge in [-0.1, -0.05) is 0 Å². The molecule has 1 heterocycles. The summed E-state index contributed by atoms with van der Waals surface area (Å²) >= 11 is 0. The van der Waals surface area contributed by atoms with E-state index >= 15 is 0 Å². The van der Waals surface area contributed by atoms with E-state index in [4.69, 9.17) is 10.1 Å². The number of ether oxygens (including phenoxy) is 1. The lowest BCUT2D eigenvalue weighted by molar-refractivity contribution is 0.292. The van der Waals surface area contributed by atoms with Gasteiger partial charge < -0.3 is 14.6 Å². The van der Waals surface area contributed by atoms with Crippen molar-refractivity contribution in [2.45, 2.75) is 6.54 Å². The molecule has 98 valence electrons. The largest absolute Gasteiger partial charge is 0.491 e. The summed E-state index contributed by atoms with van der Waals surface area (Å²) in [7, 11) is 5.31. The molecule has 0 aromatic carbocycles. The molecule has 7 heteroatoms. The van der Waals surface area contributed by atoms with Crippen molar-refractivity contribution in [3.63, 3.8) is 0 Å². The van der Waals surface area contributed by atoms with Crippen molar-refractivity contribution >= 4 is 0 Å². The lowest BCUT2D eigenvalue weighted by atomic mass is 10.3. The Morgan fingerprint density at radius 3 is 2.67 bits per heavy atom. The first-order valence-electron chi connectivity index (χ1n) is 5.57. The van der Waals surface area contributed by atoms with Gasteiger partial charge in [0.2, 0.25) is 5.43 Å². The average molecular weight is 252 g/mol. The van der Waals surface area contributed by atoms with Crippen LogP contribution in [0.25, 0.3) is 5.08 Å². The quantitative estimate of drug-likeness (QED) is 0.590. The molecule has 0 unspecified atom stereocenters. The van der Waals surface area contributed by atoms with Crippen LogP contribution in [0.4, 0.5) is 0 Å². The van der Waals surface area contributed by atoms with E-state index in [-0.39, 0.29) is 11.2 Å². The van der Waals surface area contributed by atoms with Crippen LogP contribution in [0.3, 0.4) is 0 Å². The minimum atomic E-state index is -0.197. The van der Waals surface area contributed by atoms with Gasteiger partial charge in [0.25, 0.3) is 5.39 Å². The SMILES string of the molecule is COc1c[nH]c(CN(CCN(C)C)[N+]#N)cc1=O. The van der Waals surface area contributed by atoms with Gasteiger partial charge in [-0.25, -0.2) is 0 Å². The Labute approximate surface area is 106 Å². The first-order valence-corrected chi connectivity index (χ1v) is 5.57. The second-order valence-corrected chi connectivity index (χ2v) is 4.17. The van der Waals surface area contributed by atoms with Crippen molar-refractivity contribution in [1.82, 2.24) is 14.9 Å². The molecule has 0 spiro atoms. The minimum absolute atomic E-state index is 0.197. The zero-order valence-electron chi connectivity index (χ0n) is 10.9. The van der Waals surface area contributed by atoms with E-state index in [1.54, 1.807) is 0 Å². The van der Waals surface area contributed by atoms with Gasteiger partial charge in [-0.05, 0) is 19.1 Å². The summed E-state index contributed by atoms with van der Waals surface area (Å²) < 4.78 is 4.87. The highest BCUT2D eigenvalue weighted by molar-refractivity contribution is 5.20. The number of H-pyrrole nitrogens is 1. The lowest BCUT2D eigenvalue weighted by Gasteiger charge is -2.10. The van der Waals surface area contributed by atoms with Crippen molar-refractivity contribution in [2.24, 2.45) is 0 Å². The first kappa shape index (κ1) is 14.0. The molecule has 0 fully saturated rings. The van der Waals surface area contributed by atoms with Gasteiger partial charge in [-0.2, -0.15) is 0 Å². The first-order chi connectivity index (χ1) is 8.56. The molecule has 0 saturated carbocycles. The summed E-state index contributed by atoms with van der Waals surface area (Å²) in [6.45, 7) is 1.66. The maximum absolute atomic E-state index is 11.5. The van der Waals surface area contributed by atoms with Gasteiger partial charge >= 0.3 is 5.08 Å². The second kappa shape index (κ2) is 6.61. The van der Waals surface area contributed by atoms with Crippen molar-refractivity contribution in [2.75, 3.05) is 34.3 Å². The molecule has 0 radical (unpaired) electrons. The highest BCUT2D eigenvalue weighted by Crippen LogP contribution is 2.04. The van der Waals surface area contributed by atoms with E-state index in [2.05, 4.69) is 10.1 Å². The van der Waals surface area contributed by atoms with E-state index in [1.807, 2.05) is 19.0 Å². The van der Waals surface area contributed by atoms with Crippen molar-refractivity contribution in [3.05, 3.63) is 33.3 Å². The summed E-state index contributed by atoms with van der Waals surface area (Å²) in [5, 5.41) is 13.5. The zero-order chi connectivity index (χ0) is 13.5. The molecule has 0 aliphatic heterocycles. The standard InChI is InChI=1S/C11H17N5O2/c1-15(2)4-5-16(14-12)8-9-6-10(17)11(18-3)7-13-9/h6-7H,4-5,8H2,1-3H3/p+1. The normalized spacial score (nSPS) is 10.2. The molecule has 1 rings (SSSR count). The van der Waals surface area contributed by atoms with E-state index in [0.29, 0.717) is 18.8 Å². The van der Waals surface area contributed by atoms with Crippen molar-refractivity contribution < 1.29 is 4.74 Å². The van der Waals surface area contributed by atoms with Crippen LogP contribution in [-0.4, -0.2) is 49.2 Å². The Bertz CT molecular complexity index is 477. The summed E-state index contributed by atoms with van der Waals surface area (Å²) in [4.78, 5) is 16.5. The Morgan fingerprint density at radius 1 is 1.44 bits per heavy atom. The minimum Gasteiger partial charge on any atom is -0.491 e. The predicted octanol–water partition coefficient (Wildman–Crippen LogP) is 0.515. The molecule has 0 aliphatic rings. The number of hydrogen-bond donors (Lipinski definition) is 1. The fraction of sp³-hybridized carbons (Fsp3) is 0.545. The molecule has 0 aliphatic carbocycles. The smallest absolute Gasteiger partial charge is 0.305 e. The van der Waals surface area contributed by atoms with Gasteiger partial charge in [-0.3, -0.25) is 4.79 Å². The molecular weight excluding hydrogens is 234 g/mol. The van der Waals surface area contributed by atoms with Crippen molar-refractivity contribution in [3.8, 4) is 5.75 Å². The number of hydrogen-bond acceptors (Lipinski definition) is 5. The molecule has 18 heavy (non-hydrogen) atoms. The maximum Gasteiger partial charge on any atom is 0.305 e. The molecule has 1 aromatic rings. The fourth-order valence-electron chi connectivity index (χ4n) is 1.42. The number of rotatable bonds is 6. The van der Waals surface area contributed by atoms with Gasteiger partial charge in [0.1, 0.15) is 13.1 Å². The van der Waals surface area contributed by atoms with Crippen molar-refractivity contribution in [1.29, 1.82) is 5.39 Å². The number of diazo groups is 1. The number of pyridine rings is 1. The predicted molar refractivity (Wildman–Crippen MR) is 67.7 cm³/mol. The Balaban J connectivity index is 2.68. The summed E-state index contributed by atoms with van der Waals surface area (Å²) in [5.41, 5.74) is 0.467. The highest BCUT2D eigenvalue weighted by Gasteiger charge is 2.15. The zero-order valence-corrected chi connectivity index (χ0v) is 10.9. The lowest BCUT2D eigenvalue weighted by Crippen LogP contribution is -2.27.